The van der Waals surface area contributed by atoms with Gasteiger partial charge in [0.2, 0.25) is 0 Å². The second-order valence-corrected chi connectivity index (χ2v) is 9.77. The number of sulfonamides is 1. The van der Waals surface area contributed by atoms with E-state index in [-0.39, 0.29) is 5.91 Å². The lowest BCUT2D eigenvalue weighted by Gasteiger charge is -2.13. The number of rotatable bonds is 5. The van der Waals surface area contributed by atoms with Gasteiger partial charge in [-0.2, -0.15) is 4.31 Å². The van der Waals surface area contributed by atoms with Crippen LogP contribution in [0.25, 0.3) is 0 Å². The van der Waals surface area contributed by atoms with Crippen LogP contribution in [-0.2, 0) is 16.6 Å². The third-order valence-corrected chi connectivity index (χ3v) is 7.81. The number of hydrogen-bond acceptors (Lipinski definition) is 4. The smallest absolute Gasteiger partial charge is 0.252 e. The lowest BCUT2D eigenvalue weighted by Crippen LogP contribution is -2.27. The first kappa shape index (κ1) is 17.6. The molecule has 0 radical (unpaired) electrons. The summed E-state index contributed by atoms with van der Waals surface area (Å²) in [6.45, 7) is 1.50. The van der Waals surface area contributed by atoms with E-state index in [1.165, 1.54) is 15.6 Å². The summed E-state index contributed by atoms with van der Waals surface area (Å²) in [6.07, 6.45) is 1.83. The highest BCUT2D eigenvalue weighted by molar-refractivity contribution is 9.10. The summed E-state index contributed by atoms with van der Waals surface area (Å²) in [4.78, 5) is 12.9. The second kappa shape index (κ2) is 7.35. The molecule has 1 aromatic heterocycles. The van der Waals surface area contributed by atoms with E-state index in [9.17, 15) is 13.2 Å². The normalized spacial score (nSPS) is 15.5. The van der Waals surface area contributed by atoms with Gasteiger partial charge >= 0.3 is 0 Å². The number of nitrogens with one attached hydrogen (secondary N) is 1. The molecule has 0 spiro atoms. The maximum absolute atomic E-state index is 12.5. The molecule has 0 aliphatic carbocycles. The zero-order valence-electron chi connectivity index (χ0n) is 12.9. The average Bonchev–Trinajstić information content (AvgIpc) is 3.25. The molecule has 0 atom stereocenters. The van der Waals surface area contributed by atoms with Gasteiger partial charge in [0.05, 0.1) is 6.54 Å². The summed E-state index contributed by atoms with van der Waals surface area (Å²) in [5.74, 6) is -0.181. The predicted octanol–water partition coefficient (Wildman–Crippen LogP) is 3.23. The predicted molar refractivity (Wildman–Crippen MR) is 97.6 cm³/mol. The van der Waals surface area contributed by atoms with Crippen LogP contribution in [0.15, 0.2) is 45.1 Å². The quantitative estimate of drug-likeness (QED) is 0.794. The van der Waals surface area contributed by atoms with Crippen LogP contribution in [-0.4, -0.2) is 31.7 Å². The van der Waals surface area contributed by atoms with Crippen molar-refractivity contribution in [2.75, 3.05) is 13.1 Å². The zero-order valence-corrected chi connectivity index (χ0v) is 16.1. The Bertz CT molecular complexity index is 825. The zero-order chi connectivity index (χ0) is 17.2. The molecule has 3 rings (SSSR count). The fraction of sp³-hybridized carbons (Fsp3) is 0.312. The van der Waals surface area contributed by atoms with Crippen LogP contribution in [0.4, 0.5) is 0 Å². The fourth-order valence-electron chi connectivity index (χ4n) is 2.52. The van der Waals surface area contributed by atoms with Crippen molar-refractivity contribution in [2.45, 2.75) is 23.6 Å². The highest BCUT2D eigenvalue weighted by Gasteiger charge is 2.28. The molecule has 1 aliphatic heterocycles. The highest BCUT2D eigenvalue weighted by Crippen LogP contribution is 2.27. The van der Waals surface area contributed by atoms with Gasteiger partial charge in [-0.3, -0.25) is 4.79 Å². The Kier molecular flexibility index (Phi) is 5.39. The van der Waals surface area contributed by atoms with E-state index in [4.69, 9.17) is 0 Å². The van der Waals surface area contributed by atoms with Gasteiger partial charge in [-0.1, -0.05) is 15.9 Å². The monoisotopic (exact) mass is 428 g/mol. The molecule has 1 aromatic carbocycles. The Morgan fingerprint density at radius 3 is 2.46 bits per heavy atom. The minimum absolute atomic E-state index is 0.181. The molecule has 1 aliphatic rings. The first-order valence-electron chi connectivity index (χ1n) is 7.59. The Hall–Kier alpha value is -1.22. The van der Waals surface area contributed by atoms with Gasteiger partial charge in [-0.15, -0.1) is 11.3 Å². The second-order valence-electron chi connectivity index (χ2n) is 5.52. The number of halogens is 1. The molecule has 5 nitrogen and oxygen atoms in total. The van der Waals surface area contributed by atoms with Crippen LogP contribution in [0.1, 0.15) is 28.1 Å². The topological polar surface area (TPSA) is 66.5 Å². The molecule has 2 heterocycles. The Balaban J connectivity index is 1.64. The number of thiophene rings is 1. The van der Waals surface area contributed by atoms with Gasteiger partial charge in [0.25, 0.3) is 15.9 Å². The van der Waals surface area contributed by atoms with Gasteiger partial charge in [0, 0.05) is 28.0 Å². The maximum atomic E-state index is 12.5. The van der Waals surface area contributed by atoms with Crippen molar-refractivity contribution in [1.82, 2.24) is 9.62 Å². The van der Waals surface area contributed by atoms with Gasteiger partial charge in [-0.25, -0.2) is 8.42 Å². The SMILES string of the molecule is O=C(NCc1ccc(S(=O)(=O)N2CCCC2)s1)c1ccc(Br)cc1. The molecular weight excluding hydrogens is 412 g/mol. The standard InChI is InChI=1S/C16H17BrN2O3S2/c17-13-5-3-12(4-6-13)16(20)18-11-14-7-8-15(23-14)24(21,22)19-9-1-2-10-19/h3-8H,1-2,9-11H2,(H,18,20). The largest absolute Gasteiger partial charge is 0.347 e. The van der Waals surface area contributed by atoms with E-state index >= 15 is 0 Å². The van der Waals surface area contributed by atoms with Crippen LogP contribution in [0.3, 0.4) is 0 Å². The fourth-order valence-corrected chi connectivity index (χ4v) is 5.75. The Labute approximate surface area is 153 Å². The van der Waals surface area contributed by atoms with Crippen LogP contribution in [0, 0.1) is 0 Å². The Morgan fingerprint density at radius 1 is 1.12 bits per heavy atom. The molecule has 2 aromatic rings. The van der Waals surface area contributed by atoms with Crippen molar-refractivity contribution < 1.29 is 13.2 Å². The highest BCUT2D eigenvalue weighted by atomic mass is 79.9. The molecule has 0 unspecified atom stereocenters. The maximum Gasteiger partial charge on any atom is 0.252 e. The van der Waals surface area contributed by atoms with E-state index < -0.39 is 10.0 Å². The third kappa shape index (κ3) is 3.88. The summed E-state index contributed by atoms with van der Waals surface area (Å²) in [5.41, 5.74) is 0.569. The number of carbonyl (C=O) groups is 1. The summed E-state index contributed by atoms with van der Waals surface area (Å²) in [7, 11) is -3.38. The average molecular weight is 429 g/mol. The number of benzene rings is 1. The summed E-state index contributed by atoms with van der Waals surface area (Å²) in [6, 6.07) is 10.5. The van der Waals surface area contributed by atoms with Gasteiger partial charge in [-0.05, 0) is 49.2 Å². The number of hydrogen-bond donors (Lipinski definition) is 1. The van der Waals surface area contributed by atoms with E-state index in [0.717, 1.165) is 22.2 Å². The first-order valence-corrected chi connectivity index (χ1v) is 10.6. The summed E-state index contributed by atoms with van der Waals surface area (Å²) >= 11 is 4.54. The van der Waals surface area contributed by atoms with Gasteiger partial charge in [0.1, 0.15) is 4.21 Å². The lowest BCUT2D eigenvalue weighted by atomic mass is 10.2. The molecule has 8 heteroatoms. The van der Waals surface area contributed by atoms with Crippen LogP contribution < -0.4 is 5.32 Å². The number of amides is 1. The molecular formula is C16H17BrN2O3S2. The molecule has 0 saturated carbocycles. The lowest BCUT2D eigenvalue weighted by molar-refractivity contribution is 0.0951. The minimum Gasteiger partial charge on any atom is -0.347 e. The molecule has 1 saturated heterocycles. The summed E-state index contributed by atoms with van der Waals surface area (Å²) < 4.78 is 27.8. The van der Waals surface area contributed by atoms with Gasteiger partial charge in [0.15, 0.2) is 0 Å². The molecule has 1 N–H and O–H groups in total. The third-order valence-electron chi connectivity index (χ3n) is 3.83. The van der Waals surface area contributed by atoms with Crippen molar-refractivity contribution in [3.05, 3.63) is 51.3 Å². The van der Waals surface area contributed by atoms with E-state index in [0.29, 0.717) is 29.4 Å². The molecule has 128 valence electrons. The Morgan fingerprint density at radius 2 is 1.79 bits per heavy atom. The molecule has 1 fully saturated rings. The first-order chi connectivity index (χ1) is 11.5. The van der Waals surface area contributed by atoms with Crippen molar-refractivity contribution >= 4 is 43.2 Å². The van der Waals surface area contributed by atoms with Crippen LogP contribution in [0.2, 0.25) is 0 Å². The summed E-state index contributed by atoms with van der Waals surface area (Å²) in [5, 5.41) is 2.82. The van der Waals surface area contributed by atoms with Crippen molar-refractivity contribution in [1.29, 1.82) is 0 Å². The van der Waals surface area contributed by atoms with E-state index in [2.05, 4.69) is 21.2 Å². The van der Waals surface area contributed by atoms with Crippen LogP contribution >= 0.6 is 27.3 Å². The molecule has 24 heavy (non-hydrogen) atoms. The molecule has 1 amide bonds. The van der Waals surface area contributed by atoms with Gasteiger partial charge < -0.3 is 5.32 Å². The number of nitrogens with zero attached hydrogens (tertiary/aromatic N) is 1. The van der Waals surface area contributed by atoms with E-state index in [1.807, 2.05) is 0 Å². The van der Waals surface area contributed by atoms with Crippen molar-refractivity contribution in [3.8, 4) is 0 Å². The van der Waals surface area contributed by atoms with Crippen molar-refractivity contribution in [2.24, 2.45) is 0 Å². The molecule has 0 bridgehead atoms. The minimum atomic E-state index is -3.38. The van der Waals surface area contributed by atoms with E-state index in [1.54, 1.807) is 36.4 Å². The number of carbonyl (C=O) groups excluding carboxylic acids is 1. The van der Waals surface area contributed by atoms with Crippen molar-refractivity contribution in [3.63, 3.8) is 0 Å². The van der Waals surface area contributed by atoms with Crippen LogP contribution in [0.5, 0.6) is 0 Å².